The summed E-state index contributed by atoms with van der Waals surface area (Å²) in [6.45, 7) is 2.66. The molecule has 0 aliphatic rings. The molecule has 0 amide bonds. The average Bonchev–Trinajstić information content (AvgIpc) is 2.98. The molecule has 0 radical (unpaired) electrons. The minimum atomic E-state index is -0.894. The van der Waals surface area contributed by atoms with Crippen LogP contribution in [-0.2, 0) is 13.0 Å². The highest BCUT2D eigenvalue weighted by molar-refractivity contribution is 7.17. The molecule has 19 heavy (non-hydrogen) atoms. The van der Waals surface area contributed by atoms with E-state index in [1.807, 2.05) is 24.3 Å². The Kier molecular flexibility index (Phi) is 4.49. The normalized spacial score (nSPS) is 10.6. The third-order valence-corrected chi connectivity index (χ3v) is 4.41. The zero-order chi connectivity index (χ0) is 13.8. The lowest BCUT2D eigenvalue weighted by atomic mass is 10.2. The molecule has 0 saturated heterocycles. The largest absolute Gasteiger partial charge is 0.477 e. The number of carboxylic acids is 1. The van der Waals surface area contributed by atoms with Crippen LogP contribution in [0.15, 0.2) is 10.9 Å². The van der Waals surface area contributed by atoms with Gasteiger partial charge in [-0.1, -0.05) is 24.7 Å². The van der Waals surface area contributed by atoms with Crippen molar-refractivity contribution in [2.45, 2.75) is 26.3 Å². The maximum absolute atomic E-state index is 11.2. The van der Waals surface area contributed by atoms with Crippen LogP contribution in [0.5, 0.6) is 0 Å². The van der Waals surface area contributed by atoms with E-state index in [4.69, 9.17) is 0 Å². The fourth-order valence-electron chi connectivity index (χ4n) is 1.70. The number of rotatable bonds is 6. The molecule has 7 heteroatoms. The van der Waals surface area contributed by atoms with Crippen molar-refractivity contribution in [3.63, 3.8) is 0 Å². The summed E-state index contributed by atoms with van der Waals surface area (Å²) in [7, 11) is 1.90. The molecular formula is C12H15N3O2S2. The number of aromatic carboxylic acids is 1. The van der Waals surface area contributed by atoms with Crippen molar-refractivity contribution in [1.82, 2.24) is 9.97 Å². The van der Waals surface area contributed by atoms with E-state index in [1.54, 1.807) is 16.8 Å². The van der Waals surface area contributed by atoms with E-state index < -0.39 is 5.97 Å². The predicted molar refractivity (Wildman–Crippen MR) is 77.3 cm³/mol. The second kappa shape index (κ2) is 6.12. The molecule has 0 bridgehead atoms. The van der Waals surface area contributed by atoms with E-state index in [2.05, 4.69) is 9.97 Å². The van der Waals surface area contributed by atoms with Crippen LogP contribution < -0.4 is 4.90 Å². The van der Waals surface area contributed by atoms with Crippen molar-refractivity contribution in [2.75, 3.05) is 11.9 Å². The van der Waals surface area contributed by atoms with E-state index in [9.17, 15) is 9.90 Å². The number of anilines is 1. The molecule has 0 fully saturated rings. The van der Waals surface area contributed by atoms with Crippen LogP contribution in [0.25, 0.3) is 0 Å². The van der Waals surface area contributed by atoms with Gasteiger partial charge in [-0.15, -0.1) is 11.3 Å². The van der Waals surface area contributed by atoms with Gasteiger partial charge in [0.15, 0.2) is 5.13 Å². The smallest absolute Gasteiger partial charge is 0.347 e. The molecule has 5 nitrogen and oxygen atoms in total. The summed E-state index contributed by atoms with van der Waals surface area (Å²) in [5.41, 5.74) is 3.44. The minimum absolute atomic E-state index is 0.349. The Labute approximate surface area is 119 Å². The quantitative estimate of drug-likeness (QED) is 0.888. The van der Waals surface area contributed by atoms with Gasteiger partial charge < -0.3 is 10.0 Å². The van der Waals surface area contributed by atoms with Crippen LogP contribution in [0.4, 0.5) is 5.13 Å². The van der Waals surface area contributed by atoms with E-state index in [1.165, 1.54) is 11.3 Å². The topological polar surface area (TPSA) is 66.3 Å². The molecule has 2 aromatic rings. The summed E-state index contributed by atoms with van der Waals surface area (Å²) in [5, 5.41) is 11.9. The average molecular weight is 297 g/mol. The molecule has 0 unspecified atom stereocenters. The number of aryl methyl sites for hydroxylation is 1. The number of carboxylic acid groups (broad SMARTS) is 1. The standard InChI is InChI=1S/C12H15N3O2S2/c1-3-4-9-10(11(16)17)19-12(14-9)15(2)5-8-6-18-7-13-8/h6-7H,3-5H2,1-2H3,(H,16,17). The van der Waals surface area contributed by atoms with E-state index >= 15 is 0 Å². The lowest BCUT2D eigenvalue weighted by Gasteiger charge is -2.13. The lowest BCUT2D eigenvalue weighted by molar-refractivity contribution is 0.0700. The van der Waals surface area contributed by atoms with Gasteiger partial charge in [-0.2, -0.15) is 0 Å². The van der Waals surface area contributed by atoms with Crippen LogP contribution in [0.2, 0.25) is 0 Å². The molecule has 0 spiro atoms. The summed E-state index contributed by atoms with van der Waals surface area (Å²) in [4.78, 5) is 22.1. The zero-order valence-corrected chi connectivity index (χ0v) is 12.4. The maximum atomic E-state index is 11.2. The van der Waals surface area contributed by atoms with Crippen LogP contribution >= 0.6 is 22.7 Å². The molecule has 2 heterocycles. The van der Waals surface area contributed by atoms with Crippen molar-refractivity contribution >= 4 is 33.8 Å². The minimum Gasteiger partial charge on any atom is -0.477 e. The van der Waals surface area contributed by atoms with Gasteiger partial charge in [-0.05, 0) is 6.42 Å². The molecule has 0 atom stereocenters. The first-order valence-electron chi connectivity index (χ1n) is 5.93. The fraction of sp³-hybridized carbons (Fsp3) is 0.417. The van der Waals surface area contributed by atoms with E-state index in [0.717, 1.165) is 17.2 Å². The third kappa shape index (κ3) is 3.30. The highest BCUT2D eigenvalue weighted by Gasteiger charge is 2.18. The molecule has 0 saturated carbocycles. The third-order valence-electron chi connectivity index (χ3n) is 2.58. The van der Waals surface area contributed by atoms with Gasteiger partial charge >= 0.3 is 5.97 Å². The number of nitrogens with zero attached hydrogens (tertiary/aromatic N) is 3. The summed E-state index contributed by atoms with van der Waals surface area (Å²) in [6, 6.07) is 0. The van der Waals surface area contributed by atoms with Crippen molar-refractivity contribution in [1.29, 1.82) is 0 Å². The number of thiazole rings is 2. The Balaban J connectivity index is 2.19. The maximum Gasteiger partial charge on any atom is 0.347 e. The van der Waals surface area contributed by atoms with Gasteiger partial charge in [0.2, 0.25) is 0 Å². The SMILES string of the molecule is CCCc1nc(N(C)Cc2cscn2)sc1C(=O)O. The second-order valence-electron chi connectivity index (χ2n) is 4.16. The Bertz CT molecular complexity index is 551. The van der Waals surface area contributed by atoms with E-state index in [-0.39, 0.29) is 0 Å². The molecule has 2 aromatic heterocycles. The summed E-state index contributed by atoms with van der Waals surface area (Å²) >= 11 is 2.78. The Morgan fingerprint density at radius 1 is 1.53 bits per heavy atom. The first kappa shape index (κ1) is 14.0. The van der Waals surface area contributed by atoms with Crippen molar-refractivity contribution < 1.29 is 9.90 Å². The van der Waals surface area contributed by atoms with Gasteiger partial charge in [0, 0.05) is 12.4 Å². The summed E-state index contributed by atoms with van der Waals surface area (Å²) in [5.74, 6) is -0.894. The summed E-state index contributed by atoms with van der Waals surface area (Å²) < 4.78 is 0. The molecule has 102 valence electrons. The number of aromatic nitrogens is 2. The van der Waals surface area contributed by atoms with Crippen LogP contribution in [0, 0.1) is 0 Å². The Morgan fingerprint density at radius 2 is 2.32 bits per heavy atom. The first-order chi connectivity index (χ1) is 9.11. The van der Waals surface area contributed by atoms with Gasteiger partial charge in [0.25, 0.3) is 0 Å². The number of hydrogen-bond donors (Lipinski definition) is 1. The predicted octanol–water partition coefficient (Wildman–Crippen LogP) is 2.89. The number of carbonyl (C=O) groups is 1. The molecule has 2 rings (SSSR count). The van der Waals surface area contributed by atoms with Gasteiger partial charge in [0.1, 0.15) is 4.88 Å². The highest BCUT2D eigenvalue weighted by atomic mass is 32.1. The van der Waals surface area contributed by atoms with E-state index in [0.29, 0.717) is 23.5 Å². The summed E-state index contributed by atoms with van der Waals surface area (Å²) in [6.07, 6.45) is 1.59. The second-order valence-corrected chi connectivity index (χ2v) is 5.86. The molecule has 1 N–H and O–H groups in total. The highest BCUT2D eigenvalue weighted by Crippen LogP contribution is 2.27. The molecule has 0 aliphatic heterocycles. The fourth-order valence-corrected chi connectivity index (χ4v) is 3.16. The first-order valence-corrected chi connectivity index (χ1v) is 7.69. The van der Waals surface area contributed by atoms with Crippen LogP contribution in [0.3, 0.4) is 0 Å². The van der Waals surface area contributed by atoms with Gasteiger partial charge in [0.05, 0.1) is 23.4 Å². The number of hydrogen-bond acceptors (Lipinski definition) is 6. The van der Waals surface area contributed by atoms with Crippen molar-refractivity contribution in [3.8, 4) is 0 Å². The van der Waals surface area contributed by atoms with Crippen molar-refractivity contribution in [2.24, 2.45) is 0 Å². The molecular weight excluding hydrogens is 282 g/mol. The van der Waals surface area contributed by atoms with Crippen molar-refractivity contribution in [3.05, 3.63) is 27.2 Å². The monoisotopic (exact) mass is 297 g/mol. The molecule has 0 aromatic carbocycles. The van der Waals surface area contributed by atoms with Gasteiger partial charge in [-0.3, -0.25) is 0 Å². The van der Waals surface area contributed by atoms with Gasteiger partial charge in [-0.25, -0.2) is 14.8 Å². The Hall–Kier alpha value is -1.47. The zero-order valence-electron chi connectivity index (χ0n) is 10.8. The molecule has 0 aliphatic carbocycles. The van der Waals surface area contributed by atoms with Crippen LogP contribution in [0.1, 0.15) is 34.4 Å². The Morgan fingerprint density at radius 3 is 2.89 bits per heavy atom. The lowest BCUT2D eigenvalue weighted by Crippen LogP contribution is -2.16. The van der Waals surface area contributed by atoms with Crippen LogP contribution in [-0.4, -0.2) is 28.1 Å².